The second kappa shape index (κ2) is 6.64. The molecule has 0 saturated carbocycles. The highest BCUT2D eigenvalue weighted by molar-refractivity contribution is 7.98. The molecule has 0 amide bonds. The van der Waals surface area contributed by atoms with Crippen LogP contribution in [0, 0.1) is 5.82 Å². The standard InChI is InChI=1S/C13H18FNOS/c1-4-12(9-17-3)15(2)13-6-5-11(14)7-10(13)8-16/h5-8,12H,4,9H2,1-3H3. The van der Waals surface area contributed by atoms with Crippen molar-refractivity contribution in [3.05, 3.63) is 29.6 Å². The maximum atomic E-state index is 13.0. The third-order valence-corrected chi connectivity index (χ3v) is 3.59. The summed E-state index contributed by atoms with van der Waals surface area (Å²) in [7, 11) is 1.95. The Hall–Kier alpha value is -1.03. The predicted octanol–water partition coefficient (Wildman–Crippen LogP) is 3.22. The van der Waals surface area contributed by atoms with Crippen molar-refractivity contribution >= 4 is 23.7 Å². The maximum absolute atomic E-state index is 13.0. The summed E-state index contributed by atoms with van der Waals surface area (Å²) in [6.07, 6.45) is 3.76. The lowest BCUT2D eigenvalue weighted by atomic mass is 10.1. The van der Waals surface area contributed by atoms with E-state index in [0.29, 0.717) is 17.9 Å². The largest absolute Gasteiger partial charge is 0.370 e. The Morgan fingerprint density at radius 2 is 2.24 bits per heavy atom. The smallest absolute Gasteiger partial charge is 0.152 e. The van der Waals surface area contributed by atoms with Gasteiger partial charge in [0.15, 0.2) is 6.29 Å². The highest BCUT2D eigenvalue weighted by atomic mass is 32.2. The zero-order valence-corrected chi connectivity index (χ0v) is 11.3. The van der Waals surface area contributed by atoms with Crippen molar-refractivity contribution in [1.82, 2.24) is 0 Å². The Balaban J connectivity index is 3.01. The Bertz CT molecular complexity index is 384. The number of hydrogen-bond donors (Lipinski definition) is 0. The van der Waals surface area contributed by atoms with Gasteiger partial charge < -0.3 is 4.90 Å². The van der Waals surface area contributed by atoms with Crippen molar-refractivity contribution in [3.8, 4) is 0 Å². The molecule has 0 bridgehead atoms. The van der Waals surface area contributed by atoms with Crippen LogP contribution in [0.4, 0.5) is 10.1 Å². The summed E-state index contributed by atoms with van der Waals surface area (Å²) in [5.41, 5.74) is 1.20. The lowest BCUT2D eigenvalue weighted by Gasteiger charge is -2.29. The fraction of sp³-hybridized carbons (Fsp3) is 0.462. The van der Waals surface area contributed by atoms with Gasteiger partial charge in [0.05, 0.1) is 0 Å². The van der Waals surface area contributed by atoms with Crippen molar-refractivity contribution < 1.29 is 9.18 Å². The third kappa shape index (κ3) is 3.46. The number of anilines is 1. The zero-order chi connectivity index (χ0) is 12.8. The van der Waals surface area contributed by atoms with Gasteiger partial charge in [0.2, 0.25) is 0 Å². The van der Waals surface area contributed by atoms with Gasteiger partial charge in [0.25, 0.3) is 0 Å². The minimum absolute atomic E-state index is 0.356. The van der Waals surface area contributed by atoms with Gasteiger partial charge in [-0.3, -0.25) is 4.79 Å². The van der Waals surface area contributed by atoms with Crippen LogP contribution in [0.2, 0.25) is 0 Å². The molecule has 1 unspecified atom stereocenters. The fourth-order valence-electron chi connectivity index (χ4n) is 1.83. The Labute approximate surface area is 106 Å². The average Bonchev–Trinajstić information content (AvgIpc) is 2.34. The summed E-state index contributed by atoms with van der Waals surface area (Å²) in [5, 5.41) is 0. The Kier molecular flexibility index (Phi) is 5.48. The highest BCUT2D eigenvalue weighted by Gasteiger charge is 2.15. The minimum Gasteiger partial charge on any atom is -0.370 e. The highest BCUT2D eigenvalue weighted by Crippen LogP contribution is 2.23. The van der Waals surface area contributed by atoms with Crippen molar-refractivity contribution in [2.45, 2.75) is 19.4 Å². The molecule has 0 aliphatic rings. The molecule has 0 fully saturated rings. The van der Waals surface area contributed by atoms with Crippen molar-refractivity contribution in [2.75, 3.05) is 24.0 Å². The van der Waals surface area contributed by atoms with Crippen LogP contribution in [0.15, 0.2) is 18.2 Å². The first-order valence-corrected chi connectivity index (χ1v) is 6.99. The number of halogens is 1. The summed E-state index contributed by atoms with van der Waals surface area (Å²) in [6.45, 7) is 2.11. The van der Waals surface area contributed by atoms with Gasteiger partial charge in [-0.15, -0.1) is 0 Å². The molecular weight excluding hydrogens is 237 g/mol. The number of aldehydes is 1. The van der Waals surface area contributed by atoms with E-state index < -0.39 is 0 Å². The van der Waals surface area contributed by atoms with Gasteiger partial charge in [-0.05, 0) is 30.9 Å². The van der Waals surface area contributed by atoms with Gasteiger partial charge in [-0.25, -0.2) is 4.39 Å². The average molecular weight is 255 g/mol. The molecule has 0 aliphatic heterocycles. The summed E-state index contributed by atoms with van der Waals surface area (Å²) in [4.78, 5) is 13.0. The Morgan fingerprint density at radius 1 is 1.53 bits per heavy atom. The van der Waals surface area contributed by atoms with Gasteiger partial charge in [-0.1, -0.05) is 6.92 Å². The number of hydrogen-bond acceptors (Lipinski definition) is 3. The lowest BCUT2D eigenvalue weighted by Crippen LogP contribution is -2.33. The van der Waals surface area contributed by atoms with E-state index in [9.17, 15) is 9.18 Å². The van der Waals surface area contributed by atoms with Crippen LogP contribution in [0.25, 0.3) is 0 Å². The molecule has 0 heterocycles. The molecule has 0 N–H and O–H groups in total. The molecule has 0 aromatic heterocycles. The van der Waals surface area contributed by atoms with Gasteiger partial charge in [0.1, 0.15) is 5.82 Å². The molecule has 1 rings (SSSR count). The number of carbonyl (C=O) groups is 1. The second-order valence-electron chi connectivity index (χ2n) is 3.95. The second-order valence-corrected chi connectivity index (χ2v) is 4.86. The Morgan fingerprint density at radius 3 is 2.76 bits per heavy atom. The van der Waals surface area contributed by atoms with Crippen LogP contribution in [-0.2, 0) is 0 Å². The van der Waals surface area contributed by atoms with E-state index in [1.54, 1.807) is 17.8 Å². The molecule has 1 atom stereocenters. The topological polar surface area (TPSA) is 20.3 Å². The molecule has 1 aromatic rings. The molecule has 17 heavy (non-hydrogen) atoms. The van der Waals surface area contributed by atoms with Gasteiger partial charge >= 0.3 is 0 Å². The van der Waals surface area contributed by atoms with E-state index in [1.165, 1.54) is 12.1 Å². The molecule has 4 heteroatoms. The van der Waals surface area contributed by atoms with E-state index in [-0.39, 0.29) is 5.82 Å². The summed E-state index contributed by atoms with van der Waals surface area (Å²) in [5.74, 6) is 0.616. The van der Waals surface area contributed by atoms with Crippen LogP contribution in [0.5, 0.6) is 0 Å². The number of carbonyl (C=O) groups excluding carboxylic acids is 1. The van der Waals surface area contributed by atoms with Crippen molar-refractivity contribution in [1.29, 1.82) is 0 Å². The van der Waals surface area contributed by atoms with E-state index in [2.05, 4.69) is 18.1 Å². The number of rotatable bonds is 6. The van der Waals surface area contributed by atoms with E-state index in [0.717, 1.165) is 17.9 Å². The summed E-state index contributed by atoms with van der Waals surface area (Å²) < 4.78 is 13.0. The van der Waals surface area contributed by atoms with Gasteiger partial charge in [0, 0.05) is 30.1 Å². The minimum atomic E-state index is -0.373. The molecular formula is C13H18FNOS. The van der Waals surface area contributed by atoms with E-state index >= 15 is 0 Å². The third-order valence-electron chi connectivity index (χ3n) is 2.87. The quantitative estimate of drug-likeness (QED) is 0.728. The van der Waals surface area contributed by atoms with E-state index in [4.69, 9.17) is 0 Å². The molecule has 2 nitrogen and oxygen atoms in total. The normalized spacial score (nSPS) is 12.2. The lowest BCUT2D eigenvalue weighted by molar-refractivity contribution is 0.112. The first-order valence-electron chi connectivity index (χ1n) is 5.60. The summed E-state index contributed by atoms with van der Waals surface area (Å²) >= 11 is 1.77. The van der Waals surface area contributed by atoms with Crippen LogP contribution in [0.1, 0.15) is 23.7 Å². The first-order chi connectivity index (χ1) is 8.13. The number of thioether (sulfide) groups is 1. The molecule has 0 saturated heterocycles. The van der Waals surface area contributed by atoms with Crippen LogP contribution in [0.3, 0.4) is 0 Å². The summed E-state index contributed by atoms with van der Waals surface area (Å²) in [6, 6.07) is 4.70. The number of nitrogens with zero attached hydrogens (tertiary/aromatic N) is 1. The number of benzene rings is 1. The van der Waals surface area contributed by atoms with Crippen LogP contribution in [-0.4, -0.2) is 31.4 Å². The van der Waals surface area contributed by atoms with Crippen molar-refractivity contribution in [3.63, 3.8) is 0 Å². The monoisotopic (exact) mass is 255 g/mol. The molecule has 0 spiro atoms. The molecule has 1 aromatic carbocycles. The predicted molar refractivity (Wildman–Crippen MR) is 72.7 cm³/mol. The van der Waals surface area contributed by atoms with Crippen LogP contribution >= 0.6 is 11.8 Å². The molecule has 0 radical (unpaired) electrons. The van der Waals surface area contributed by atoms with Gasteiger partial charge in [-0.2, -0.15) is 11.8 Å². The zero-order valence-electron chi connectivity index (χ0n) is 10.4. The molecule has 0 aliphatic carbocycles. The van der Waals surface area contributed by atoms with E-state index in [1.807, 2.05) is 7.05 Å². The molecule has 94 valence electrons. The van der Waals surface area contributed by atoms with Crippen molar-refractivity contribution in [2.24, 2.45) is 0 Å². The first kappa shape index (κ1) is 14.0. The van der Waals surface area contributed by atoms with Crippen LogP contribution < -0.4 is 4.90 Å². The maximum Gasteiger partial charge on any atom is 0.152 e. The SMILES string of the molecule is CCC(CSC)N(C)c1ccc(F)cc1C=O. The fourth-order valence-corrected chi connectivity index (χ4v) is 2.68.